The summed E-state index contributed by atoms with van der Waals surface area (Å²) >= 11 is 7.43. The van der Waals surface area contributed by atoms with Crippen molar-refractivity contribution in [2.24, 2.45) is 0 Å². The molecule has 0 bridgehead atoms. The van der Waals surface area contributed by atoms with Gasteiger partial charge >= 0.3 is 0 Å². The minimum Gasteiger partial charge on any atom is -0.325 e. The fraction of sp³-hybridized carbons (Fsp3) is 0.353. The van der Waals surface area contributed by atoms with Crippen LogP contribution in [0.15, 0.2) is 23.4 Å². The second-order valence-corrected chi connectivity index (χ2v) is 7.18. The second-order valence-electron chi connectivity index (χ2n) is 5.46. The lowest BCUT2D eigenvalue weighted by molar-refractivity contribution is -0.115. The van der Waals surface area contributed by atoms with E-state index in [1.165, 1.54) is 11.8 Å². The van der Waals surface area contributed by atoms with Gasteiger partial charge in [0.1, 0.15) is 0 Å². The molecule has 1 atom stereocenters. The lowest BCUT2D eigenvalue weighted by atomic mass is 10.2. The zero-order chi connectivity index (χ0) is 17.1. The zero-order valence-corrected chi connectivity index (χ0v) is 15.5. The maximum absolute atomic E-state index is 12.4. The molecule has 0 radical (unpaired) electrons. The van der Waals surface area contributed by atoms with Crippen molar-refractivity contribution in [3.63, 3.8) is 0 Å². The number of hydrogen-bond acceptors (Lipinski definition) is 4. The third-order valence-electron chi connectivity index (χ3n) is 3.79. The van der Waals surface area contributed by atoms with E-state index in [2.05, 4.69) is 15.3 Å². The van der Waals surface area contributed by atoms with Gasteiger partial charge in [0, 0.05) is 22.1 Å². The summed E-state index contributed by atoms with van der Waals surface area (Å²) in [6.07, 6.45) is 0. The summed E-state index contributed by atoms with van der Waals surface area (Å²) in [7, 11) is 0. The Morgan fingerprint density at radius 1 is 1.13 bits per heavy atom. The average molecular weight is 350 g/mol. The molecule has 0 aliphatic rings. The molecule has 1 aromatic carbocycles. The van der Waals surface area contributed by atoms with Gasteiger partial charge in [0.05, 0.1) is 5.25 Å². The lowest BCUT2D eigenvalue weighted by Gasteiger charge is -2.14. The van der Waals surface area contributed by atoms with Gasteiger partial charge in [-0.15, -0.1) is 0 Å². The standard InChI is InChI=1S/C17H20ClN3OS/c1-9-11(3)19-17(20-12(9)4)23-13(5)16(22)21-15-8-6-7-14(18)10(15)2/h6-8,13H,1-5H3,(H,21,22)/t13-/m1/s1. The number of carbonyl (C=O) groups is 1. The van der Waals surface area contributed by atoms with Crippen LogP contribution in [0.2, 0.25) is 5.02 Å². The summed E-state index contributed by atoms with van der Waals surface area (Å²) < 4.78 is 0. The molecule has 0 aliphatic carbocycles. The van der Waals surface area contributed by atoms with Gasteiger partial charge < -0.3 is 5.32 Å². The largest absolute Gasteiger partial charge is 0.325 e. The van der Waals surface area contributed by atoms with Gasteiger partial charge in [-0.3, -0.25) is 4.79 Å². The van der Waals surface area contributed by atoms with Gasteiger partial charge in [0.2, 0.25) is 5.91 Å². The Bertz CT molecular complexity index is 726. The number of halogens is 1. The molecule has 6 heteroatoms. The molecule has 122 valence electrons. The van der Waals surface area contributed by atoms with E-state index in [1.54, 1.807) is 6.07 Å². The van der Waals surface area contributed by atoms with Crippen molar-refractivity contribution in [3.8, 4) is 0 Å². The summed E-state index contributed by atoms with van der Waals surface area (Å²) in [6.45, 7) is 9.62. The number of nitrogens with zero attached hydrogens (tertiary/aromatic N) is 2. The summed E-state index contributed by atoms with van der Waals surface area (Å²) in [6, 6.07) is 5.46. The smallest absolute Gasteiger partial charge is 0.237 e. The topological polar surface area (TPSA) is 54.9 Å². The van der Waals surface area contributed by atoms with E-state index in [0.717, 1.165) is 28.2 Å². The zero-order valence-electron chi connectivity index (χ0n) is 13.9. The molecule has 1 aromatic heterocycles. The summed E-state index contributed by atoms with van der Waals surface area (Å²) in [5.41, 5.74) is 4.56. The van der Waals surface area contributed by atoms with Crippen molar-refractivity contribution < 1.29 is 4.79 Å². The molecular weight excluding hydrogens is 330 g/mol. The van der Waals surface area contributed by atoms with Crippen LogP contribution in [0.25, 0.3) is 0 Å². The first-order valence-electron chi connectivity index (χ1n) is 7.34. The van der Waals surface area contributed by atoms with Crippen LogP contribution in [0.5, 0.6) is 0 Å². The van der Waals surface area contributed by atoms with Crippen molar-refractivity contribution in [2.45, 2.75) is 45.0 Å². The van der Waals surface area contributed by atoms with E-state index in [4.69, 9.17) is 11.6 Å². The summed E-state index contributed by atoms with van der Waals surface area (Å²) in [4.78, 5) is 21.3. The Labute approximate surface area is 146 Å². The van der Waals surface area contributed by atoms with Crippen LogP contribution >= 0.6 is 23.4 Å². The Hall–Kier alpha value is -1.59. The van der Waals surface area contributed by atoms with Crippen LogP contribution in [0.4, 0.5) is 5.69 Å². The molecule has 0 saturated carbocycles. The highest BCUT2D eigenvalue weighted by Gasteiger charge is 2.18. The van der Waals surface area contributed by atoms with Gasteiger partial charge in [0.15, 0.2) is 5.16 Å². The van der Waals surface area contributed by atoms with Crippen molar-refractivity contribution in [2.75, 3.05) is 5.32 Å². The Kier molecular flexibility index (Phi) is 5.65. The molecular formula is C17H20ClN3OS. The van der Waals surface area contributed by atoms with E-state index in [1.807, 2.05) is 46.8 Å². The second kappa shape index (κ2) is 7.32. The molecule has 2 aromatic rings. The lowest BCUT2D eigenvalue weighted by Crippen LogP contribution is -2.23. The normalized spacial score (nSPS) is 12.1. The van der Waals surface area contributed by atoms with Crippen LogP contribution in [-0.2, 0) is 4.79 Å². The number of hydrogen-bond donors (Lipinski definition) is 1. The van der Waals surface area contributed by atoms with Gasteiger partial charge in [-0.05, 0) is 57.9 Å². The van der Waals surface area contributed by atoms with E-state index in [-0.39, 0.29) is 11.2 Å². The van der Waals surface area contributed by atoms with Gasteiger partial charge in [0.25, 0.3) is 0 Å². The first kappa shape index (κ1) is 17.8. The molecule has 1 heterocycles. The number of aromatic nitrogens is 2. The maximum Gasteiger partial charge on any atom is 0.237 e. The molecule has 23 heavy (non-hydrogen) atoms. The molecule has 0 saturated heterocycles. The molecule has 1 amide bonds. The third kappa shape index (κ3) is 4.24. The Balaban J connectivity index is 2.10. The SMILES string of the molecule is Cc1nc(S[C@H](C)C(=O)Nc2cccc(Cl)c2C)nc(C)c1C. The first-order valence-corrected chi connectivity index (χ1v) is 8.60. The van der Waals surface area contributed by atoms with Crippen molar-refractivity contribution in [1.82, 2.24) is 9.97 Å². The minimum absolute atomic E-state index is 0.0974. The predicted molar refractivity (Wildman–Crippen MR) is 96.4 cm³/mol. The fourth-order valence-electron chi connectivity index (χ4n) is 1.98. The monoisotopic (exact) mass is 349 g/mol. The van der Waals surface area contributed by atoms with E-state index < -0.39 is 0 Å². The Morgan fingerprint density at radius 3 is 2.35 bits per heavy atom. The van der Waals surface area contributed by atoms with Crippen LogP contribution in [0.1, 0.15) is 29.4 Å². The number of anilines is 1. The number of thioether (sulfide) groups is 1. The van der Waals surface area contributed by atoms with Crippen LogP contribution < -0.4 is 5.32 Å². The first-order chi connectivity index (χ1) is 10.8. The van der Waals surface area contributed by atoms with Gasteiger partial charge in [-0.1, -0.05) is 29.4 Å². The fourth-order valence-corrected chi connectivity index (χ4v) is 3.02. The molecule has 4 nitrogen and oxygen atoms in total. The molecule has 0 aliphatic heterocycles. The van der Waals surface area contributed by atoms with Gasteiger partial charge in [-0.2, -0.15) is 0 Å². The van der Waals surface area contributed by atoms with Crippen molar-refractivity contribution in [1.29, 1.82) is 0 Å². The number of carbonyl (C=O) groups excluding carboxylic acids is 1. The highest BCUT2D eigenvalue weighted by Crippen LogP contribution is 2.26. The van der Waals surface area contributed by atoms with Gasteiger partial charge in [-0.25, -0.2) is 9.97 Å². The highest BCUT2D eigenvalue weighted by molar-refractivity contribution is 8.00. The molecule has 0 unspecified atom stereocenters. The third-order valence-corrected chi connectivity index (χ3v) is 5.16. The maximum atomic E-state index is 12.4. The number of aryl methyl sites for hydroxylation is 2. The number of amides is 1. The van der Waals surface area contributed by atoms with E-state index in [0.29, 0.717) is 10.2 Å². The van der Waals surface area contributed by atoms with Crippen molar-refractivity contribution >= 4 is 35.0 Å². The summed E-state index contributed by atoms with van der Waals surface area (Å²) in [5.74, 6) is -0.0974. The number of benzene rings is 1. The van der Waals surface area contributed by atoms with Crippen molar-refractivity contribution in [3.05, 3.63) is 45.7 Å². The van der Waals surface area contributed by atoms with E-state index >= 15 is 0 Å². The predicted octanol–water partition coefficient (Wildman–Crippen LogP) is 4.48. The summed E-state index contributed by atoms with van der Waals surface area (Å²) in [5, 5.41) is 3.86. The highest BCUT2D eigenvalue weighted by atomic mass is 35.5. The van der Waals surface area contributed by atoms with Crippen LogP contribution in [0, 0.1) is 27.7 Å². The molecule has 2 rings (SSSR count). The number of rotatable bonds is 4. The Morgan fingerprint density at radius 2 is 1.74 bits per heavy atom. The number of nitrogens with one attached hydrogen (secondary N) is 1. The quantitative estimate of drug-likeness (QED) is 0.653. The van der Waals surface area contributed by atoms with Crippen LogP contribution in [-0.4, -0.2) is 21.1 Å². The molecule has 0 spiro atoms. The molecule has 0 fully saturated rings. The minimum atomic E-state index is -0.310. The molecule has 1 N–H and O–H groups in total. The van der Waals surface area contributed by atoms with Crippen LogP contribution in [0.3, 0.4) is 0 Å². The van der Waals surface area contributed by atoms with E-state index in [9.17, 15) is 4.79 Å². The average Bonchev–Trinajstić information content (AvgIpc) is 2.49.